The lowest BCUT2D eigenvalue weighted by Gasteiger charge is -2.39. The number of non-ortho nitro benzene ring substituents is 1. The zero-order chi connectivity index (χ0) is 12.6. The number of nitrogens with zero attached hydrogens (tertiary/aromatic N) is 2. The van der Waals surface area contributed by atoms with E-state index in [1.54, 1.807) is 13.0 Å². The van der Waals surface area contributed by atoms with E-state index >= 15 is 0 Å². The summed E-state index contributed by atoms with van der Waals surface area (Å²) in [4.78, 5) is 22.7. The predicted octanol–water partition coefficient (Wildman–Crippen LogP) is 1.42. The third-order valence-electron chi connectivity index (χ3n) is 2.96. The van der Waals surface area contributed by atoms with Crippen molar-refractivity contribution < 1.29 is 14.8 Å². The normalized spacial score (nSPS) is 15.5. The van der Waals surface area contributed by atoms with E-state index in [2.05, 4.69) is 0 Å². The summed E-state index contributed by atoms with van der Waals surface area (Å²) < 4.78 is 0. The second kappa shape index (κ2) is 4.04. The number of rotatable bonds is 3. The van der Waals surface area contributed by atoms with Gasteiger partial charge in [-0.2, -0.15) is 0 Å². The van der Waals surface area contributed by atoms with Crippen LogP contribution in [-0.2, 0) is 4.79 Å². The second-order valence-corrected chi connectivity index (χ2v) is 4.17. The van der Waals surface area contributed by atoms with Gasteiger partial charge in [-0.15, -0.1) is 0 Å². The first-order valence-electron chi connectivity index (χ1n) is 5.22. The average molecular weight is 236 g/mol. The molecule has 1 aliphatic rings. The Morgan fingerprint density at radius 1 is 1.53 bits per heavy atom. The first-order chi connectivity index (χ1) is 7.99. The van der Waals surface area contributed by atoms with Gasteiger partial charge in [0.1, 0.15) is 0 Å². The van der Waals surface area contributed by atoms with Crippen LogP contribution in [0.25, 0.3) is 0 Å². The Balaban J connectivity index is 2.14. The molecule has 2 rings (SSSR count). The fourth-order valence-corrected chi connectivity index (χ4v) is 1.94. The fourth-order valence-electron chi connectivity index (χ4n) is 1.94. The first kappa shape index (κ1) is 11.4. The molecule has 1 heterocycles. The number of carboxylic acids is 1. The quantitative estimate of drug-likeness (QED) is 0.633. The minimum absolute atomic E-state index is 0.0570. The summed E-state index contributed by atoms with van der Waals surface area (Å²) in [6, 6.07) is 4.62. The van der Waals surface area contributed by atoms with Gasteiger partial charge in [0.25, 0.3) is 5.69 Å². The number of hydrogen-bond acceptors (Lipinski definition) is 4. The third kappa shape index (κ3) is 2.06. The van der Waals surface area contributed by atoms with Crippen LogP contribution in [0.2, 0.25) is 0 Å². The van der Waals surface area contributed by atoms with E-state index in [0.717, 1.165) is 11.3 Å². The Morgan fingerprint density at radius 3 is 2.65 bits per heavy atom. The Morgan fingerprint density at radius 2 is 2.18 bits per heavy atom. The Kier molecular flexibility index (Phi) is 2.71. The molecule has 6 nitrogen and oxygen atoms in total. The van der Waals surface area contributed by atoms with Crippen molar-refractivity contribution in [2.45, 2.75) is 6.92 Å². The molecule has 0 aromatic heterocycles. The molecule has 1 aromatic carbocycles. The molecule has 0 atom stereocenters. The number of nitro benzene ring substituents is 1. The molecule has 0 unspecified atom stereocenters. The summed E-state index contributed by atoms with van der Waals surface area (Å²) in [6.07, 6.45) is 0. The molecular formula is C11H12N2O4. The Hall–Kier alpha value is -2.11. The van der Waals surface area contributed by atoms with Gasteiger partial charge < -0.3 is 10.0 Å². The second-order valence-electron chi connectivity index (χ2n) is 4.17. The standard InChI is InChI=1S/C11H12N2O4/c1-7-4-9(13(16)17)2-3-10(7)12-5-8(6-12)11(14)15/h2-4,8H,5-6H2,1H3,(H,14,15). The molecular weight excluding hydrogens is 224 g/mol. The van der Waals surface area contributed by atoms with Crippen molar-refractivity contribution >= 4 is 17.3 Å². The average Bonchev–Trinajstić information content (AvgIpc) is 2.17. The van der Waals surface area contributed by atoms with Gasteiger partial charge in [-0.05, 0) is 18.6 Å². The molecule has 17 heavy (non-hydrogen) atoms. The topological polar surface area (TPSA) is 83.7 Å². The number of aliphatic carboxylic acids is 1. The van der Waals surface area contributed by atoms with Crippen LogP contribution in [0.4, 0.5) is 11.4 Å². The molecule has 0 saturated carbocycles. The molecule has 1 aromatic rings. The summed E-state index contributed by atoms with van der Waals surface area (Å²) in [6.45, 7) is 2.72. The van der Waals surface area contributed by atoms with Crippen LogP contribution in [0, 0.1) is 23.0 Å². The molecule has 90 valence electrons. The van der Waals surface area contributed by atoms with E-state index in [1.807, 2.05) is 4.90 Å². The van der Waals surface area contributed by atoms with E-state index in [4.69, 9.17) is 5.11 Å². The van der Waals surface area contributed by atoms with Gasteiger partial charge in [0.15, 0.2) is 0 Å². The molecule has 1 N–H and O–H groups in total. The smallest absolute Gasteiger partial charge is 0.310 e. The maximum absolute atomic E-state index is 10.7. The highest BCUT2D eigenvalue weighted by Gasteiger charge is 2.33. The predicted molar refractivity (Wildman–Crippen MR) is 61.2 cm³/mol. The third-order valence-corrected chi connectivity index (χ3v) is 2.96. The highest BCUT2D eigenvalue weighted by atomic mass is 16.6. The lowest BCUT2D eigenvalue weighted by Crippen LogP contribution is -2.50. The lowest BCUT2D eigenvalue weighted by atomic mass is 9.98. The summed E-state index contributed by atoms with van der Waals surface area (Å²) in [5.74, 6) is -1.12. The molecule has 0 amide bonds. The summed E-state index contributed by atoms with van der Waals surface area (Å²) in [7, 11) is 0. The van der Waals surface area contributed by atoms with E-state index in [-0.39, 0.29) is 11.6 Å². The maximum Gasteiger partial charge on any atom is 0.310 e. The molecule has 1 saturated heterocycles. The molecule has 6 heteroatoms. The van der Waals surface area contributed by atoms with Crippen LogP contribution in [0.5, 0.6) is 0 Å². The fraction of sp³-hybridized carbons (Fsp3) is 0.364. The van der Waals surface area contributed by atoms with Crippen molar-refractivity contribution in [3.8, 4) is 0 Å². The van der Waals surface area contributed by atoms with E-state index in [0.29, 0.717) is 13.1 Å². The van der Waals surface area contributed by atoms with Gasteiger partial charge in [-0.1, -0.05) is 0 Å². The van der Waals surface area contributed by atoms with Gasteiger partial charge in [0.05, 0.1) is 10.8 Å². The highest BCUT2D eigenvalue weighted by molar-refractivity contribution is 5.75. The maximum atomic E-state index is 10.7. The lowest BCUT2D eigenvalue weighted by molar-refractivity contribution is -0.384. The van der Waals surface area contributed by atoms with Crippen LogP contribution < -0.4 is 4.90 Å². The van der Waals surface area contributed by atoms with Gasteiger partial charge >= 0.3 is 5.97 Å². The van der Waals surface area contributed by atoms with Gasteiger partial charge in [0.2, 0.25) is 0 Å². The number of benzene rings is 1. The molecule has 0 aliphatic carbocycles. The number of aryl methyl sites for hydroxylation is 1. The van der Waals surface area contributed by atoms with Crippen molar-refractivity contribution in [2.75, 3.05) is 18.0 Å². The van der Waals surface area contributed by atoms with Crippen LogP contribution in [0.15, 0.2) is 18.2 Å². The number of carbonyl (C=O) groups is 1. The zero-order valence-corrected chi connectivity index (χ0v) is 9.29. The summed E-state index contributed by atoms with van der Waals surface area (Å²) in [5.41, 5.74) is 1.72. The van der Waals surface area contributed by atoms with E-state index < -0.39 is 10.9 Å². The van der Waals surface area contributed by atoms with Crippen molar-refractivity contribution in [3.05, 3.63) is 33.9 Å². The van der Waals surface area contributed by atoms with Crippen molar-refractivity contribution in [2.24, 2.45) is 5.92 Å². The summed E-state index contributed by atoms with van der Waals surface area (Å²) >= 11 is 0. The minimum Gasteiger partial charge on any atom is -0.481 e. The van der Waals surface area contributed by atoms with Gasteiger partial charge in [0, 0.05) is 30.9 Å². The monoisotopic (exact) mass is 236 g/mol. The molecule has 0 bridgehead atoms. The van der Waals surface area contributed by atoms with Gasteiger partial charge in [-0.25, -0.2) is 0 Å². The van der Waals surface area contributed by atoms with Crippen LogP contribution in [0.3, 0.4) is 0 Å². The summed E-state index contributed by atoms with van der Waals surface area (Å²) in [5, 5.41) is 19.3. The van der Waals surface area contributed by atoms with Crippen LogP contribution >= 0.6 is 0 Å². The van der Waals surface area contributed by atoms with Crippen molar-refractivity contribution in [3.63, 3.8) is 0 Å². The van der Waals surface area contributed by atoms with Gasteiger partial charge in [-0.3, -0.25) is 14.9 Å². The Labute approximate surface area is 97.6 Å². The first-order valence-corrected chi connectivity index (χ1v) is 5.22. The number of carboxylic acid groups (broad SMARTS) is 1. The molecule has 1 fully saturated rings. The molecule has 0 radical (unpaired) electrons. The molecule has 1 aliphatic heterocycles. The van der Waals surface area contributed by atoms with Crippen molar-refractivity contribution in [1.29, 1.82) is 0 Å². The van der Waals surface area contributed by atoms with Crippen LogP contribution in [0.1, 0.15) is 5.56 Å². The van der Waals surface area contributed by atoms with Crippen LogP contribution in [-0.4, -0.2) is 29.1 Å². The number of anilines is 1. The Bertz CT molecular complexity index is 480. The SMILES string of the molecule is Cc1cc([N+](=O)[O-])ccc1N1CC(C(=O)O)C1. The highest BCUT2D eigenvalue weighted by Crippen LogP contribution is 2.30. The zero-order valence-electron chi connectivity index (χ0n) is 9.29. The van der Waals surface area contributed by atoms with Crippen molar-refractivity contribution in [1.82, 2.24) is 0 Å². The number of nitro groups is 1. The minimum atomic E-state index is -0.791. The van der Waals surface area contributed by atoms with E-state index in [9.17, 15) is 14.9 Å². The molecule has 0 spiro atoms. The number of hydrogen-bond donors (Lipinski definition) is 1. The largest absolute Gasteiger partial charge is 0.481 e. The van der Waals surface area contributed by atoms with E-state index in [1.165, 1.54) is 12.1 Å².